The SMILES string of the molecule is Cc1ccc(CS(=O)(=O)NCc2ocnc2C)cc1F. The van der Waals surface area contributed by atoms with Gasteiger partial charge >= 0.3 is 0 Å². The maximum atomic E-state index is 13.4. The molecule has 108 valence electrons. The molecule has 0 saturated heterocycles. The molecule has 0 atom stereocenters. The number of aromatic nitrogens is 1. The zero-order chi connectivity index (χ0) is 14.8. The van der Waals surface area contributed by atoms with Gasteiger partial charge in [-0.1, -0.05) is 12.1 Å². The highest BCUT2D eigenvalue weighted by molar-refractivity contribution is 7.88. The van der Waals surface area contributed by atoms with Gasteiger partial charge in [-0.3, -0.25) is 0 Å². The first-order chi connectivity index (χ1) is 9.37. The van der Waals surface area contributed by atoms with Gasteiger partial charge in [0.15, 0.2) is 6.39 Å². The Morgan fingerprint density at radius 3 is 2.70 bits per heavy atom. The maximum absolute atomic E-state index is 13.4. The molecule has 0 aliphatic rings. The maximum Gasteiger partial charge on any atom is 0.216 e. The van der Waals surface area contributed by atoms with E-state index < -0.39 is 15.8 Å². The fourth-order valence-electron chi connectivity index (χ4n) is 1.67. The van der Waals surface area contributed by atoms with E-state index in [1.807, 2.05) is 0 Å². The monoisotopic (exact) mass is 298 g/mol. The number of hydrogen-bond acceptors (Lipinski definition) is 4. The summed E-state index contributed by atoms with van der Waals surface area (Å²) in [6.07, 6.45) is 1.26. The first kappa shape index (κ1) is 14.7. The number of halogens is 1. The smallest absolute Gasteiger partial charge is 0.216 e. The summed E-state index contributed by atoms with van der Waals surface area (Å²) >= 11 is 0. The van der Waals surface area contributed by atoms with Crippen LogP contribution in [0.2, 0.25) is 0 Å². The third kappa shape index (κ3) is 3.64. The van der Waals surface area contributed by atoms with E-state index in [1.165, 1.54) is 12.5 Å². The lowest BCUT2D eigenvalue weighted by atomic mass is 10.2. The molecule has 0 aliphatic carbocycles. The average Bonchev–Trinajstić information content (AvgIpc) is 2.77. The molecule has 1 aromatic carbocycles. The van der Waals surface area contributed by atoms with Gasteiger partial charge in [0.25, 0.3) is 0 Å². The number of oxazole rings is 1. The predicted molar refractivity (Wildman–Crippen MR) is 71.8 cm³/mol. The van der Waals surface area contributed by atoms with E-state index in [9.17, 15) is 12.8 Å². The normalized spacial score (nSPS) is 11.8. The standard InChI is InChI=1S/C13H15FN2O3S/c1-9-3-4-11(5-12(9)14)7-20(17,18)16-6-13-10(2)15-8-19-13/h3-5,8,16H,6-7H2,1-2H3. The minimum Gasteiger partial charge on any atom is -0.447 e. The topological polar surface area (TPSA) is 72.2 Å². The van der Waals surface area contributed by atoms with E-state index in [4.69, 9.17) is 4.42 Å². The molecule has 1 N–H and O–H groups in total. The number of benzene rings is 1. The van der Waals surface area contributed by atoms with Crippen LogP contribution in [0.15, 0.2) is 29.0 Å². The molecule has 1 aromatic heterocycles. The lowest BCUT2D eigenvalue weighted by Gasteiger charge is -2.06. The molecule has 2 rings (SSSR count). The van der Waals surface area contributed by atoms with Gasteiger partial charge in [0.2, 0.25) is 10.0 Å². The van der Waals surface area contributed by atoms with Crippen molar-refractivity contribution in [3.63, 3.8) is 0 Å². The highest BCUT2D eigenvalue weighted by Gasteiger charge is 2.14. The van der Waals surface area contributed by atoms with Gasteiger partial charge in [-0.05, 0) is 31.0 Å². The van der Waals surface area contributed by atoms with E-state index >= 15 is 0 Å². The van der Waals surface area contributed by atoms with Gasteiger partial charge in [-0.2, -0.15) is 0 Å². The molecule has 0 unspecified atom stereocenters. The first-order valence-corrected chi connectivity index (χ1v) is 7.64. The zero-order valence-electron chi connectivity index (χ0n) is 11.2. The van der Waals surface area contributed by atoms with Crippen molar-refractivity contribution < 1.29 is 17.2 Å². The molecule has 0 aliphatic heterocycles. The van der Waals surface area contributed by atoms with Crippen molar-refractivity contribution in [2.45, 2.75) is 26.1 Å². The number of sulfonamides is 1. The second kappa shape index (κ2) is 5.72. The number of hydrogen-bond donors (Lipinski definition) is 1. The fourth-order valence-corrected chi connectivity index (χ4v) is 2.74. The molecule has 0 bridgehead atoms. The Morgan fingerprint density at radius 1 is 1.35 bits per heavy atom. The Balaban J connectivity index is 2.04. The molecule has 0 spiro atoms. The van der Waals surface area contributed by atoms with Gasteiger partial charge in [0, 0.05) is 0 Å². The van der Waals surface area contributed by atoms with Crippen LogP contribution in [-0.4, -0.2) is 13.4 Å². The zero-order valence-corrected chi connectivity index (χ0v) is 12.0. The van der Waals surface area contributed by atoms with Crippen molar-refractivity contribution in [1.82, 2.24) is 9.71 Å². The number of nitrogens with zero attached hydrogens (tertiary/aromatic N) is 1. The Hall–Kier alpha value is -1.73. The first-order valence-electron chi connectivity index (χ1n) is 5.99. The molecule has 1 heterocycles. The van der Waals surface area contributed by atoms with E-state index in [1.54, 1.807) is 26.0 Å². The van der Waals surface area contributed by atoms with E-state index in [-0.39, 0.29) is 12.3 Å². The van der Waals surface area contributed by atoms with Gasteiger partial charge in [0.05, 0.1) is 18.0 Å². The summed E-state index contributed by atoms with van der Waals surface area (Å²) in [4.78, 5) is 3.87. The summed E-state index contributed by atoms with van der Waals surface area (Å²) in [6.45, 7) is 3.38. The van der Waals surface area contributed by atoms with Crippen LogP contribution in [-0.2, 0) is 22.3 Å². The van der Waals surface area contributed by atoms with E-state index in [2.05, 4.69) is 9.71 Å². The van der Waals surface area contributed by atoms with Crippen molar-refractivity contribution in [1.29, 1.82) is 0 Å². The van der Waals surface area contributed by atoms with Crippen LogP contribution in [0, 0.1) is 19.7 Å². The minimum atomic E-state index is -3.56. The second-order valence-electron chi connectivity index (χ2n) is 4.52. The van der Waals surface area contributed by atoms with Crippen LogP contribution < -0.4 is 4.72 Å². The fraction of sp³-hybridized carbons (Fsp3) is 0.308. The largest absolute Gasteiger partial charge is 0.447 e. The summed E-state index contributed by atoms with van der Waals surface area (Å²) in [5.74, 6) is -0.232. The van der Waals surface area contributed by atoms with Gasteiger partial charge in [-0.15, -0.1) is 0 Å². The molecule has 0 radical (unpaired) electrons. The molecule has 0 saturated carbocycles. The number of aryl methyl sites for hydroxylation is 2. The third-order valence-electron chi connectivity index (χ3n) is 2.89. The van der Waals surface area contributed by atoms with Gasteiger partial charge < -0.3 is 4.42 Å². The van der Waals surface area contributed by atoms with Crippen LogP contribution in [0.3, 0.4) is 0 Å². The van der Waals surface area contributed by atoms with Crippen LogP contribution in [0.25, 0.3) is 0 Å². The molecule has 5 nitrogen and oxygen atoms in total. The Kier molecular flexibility index (Phi) is 4.20. The number of nitrogens with one attached hydrogen (secondary N) is 1. The van der Waals surface area contributed by atoms with Crippen LogP contribution in [0.1, 0.15) is 22.6 Å². The van der Waals surface area contributed by atoms with Crippen molar-refractivity contribution in [2.24, 2.45) is 0 Å². The Bertz CT molecular complexity index is 710. The Labute approximate surface area is 116 Å². The van der Waals surface area contributed by atoms with E-state index in [0.29, 0.717) is 22.6 Å². The highest BCUT2D eigenvalue weighted by Crippen LogP contribution is 2.12. The molecule has 0 fully saturated rings. The molecular weight excluding hydrogens is 283 g/mol. The highest BCUT2D eigenvalue weighted by atomic mass is 32.2. The molecule has 7 heteroatoms. The molecule has 2 aromatic rings. The molecule has 20 heavy (non-hydrogen) atoms. The summed E-state index contributed by atoms with van der Waals surface area (Å²) in [7, 11) is -3.56. The lowest BCUT2D eigenvalue weighted by Crippen LogP contribution is -2.24. The van der Waals surface area contributed by atoms with Crippen molar-refractivity contribution >= 4 is 10.0 Å². The van der Waals surface area contributed by atoms with Crippen molar-refractivity contribution in [3.05, 3.63) is 53.0 Å². The number of rotatable bonds is 5. The average molecular weight is 298 g/mol. The van der Waals surface area contributed by atoms with E-state index in [0.717, 1.165) is 0 Å². The summed E-state index contributed by atoms with van der Waals surface area (Å²) in [5.41, 5.74) is 1.51. The summed E-state index contributed by atoms with van der Waals surface area (Å²) < 4.78 is 44.6. The Morgan fingerprint density at radius 2 is 2.10 bits per heavy atom. The lowest BCUT2D eigenvalue weighted by molar-refractivity contribution is 0.492. The third-order valence-corrected chi connectivity index (χ3v) is 4.19. The van der Waals surface area contributed by atoms with Crippen molar-refractivity contribution in [2.75, 3.05) is 0 Å². The van der Waals surface area contributed by atoms with Gasteiger partial charge in [-0.25, -0.2) is 22.5 Å². The minimum absolute atomic E-state index is 0.0303. The van der Waals surface area contributed by atoms with Gasteiger partial charge in [0.1, 0.15) is 11.6 Å². The van der Waals surface area contributed by atoms with Crippen LogP contribution in [0.5, 0.6) is 0 Å². The van der Waals surface area contributed by atoms with Crippen LogP contribution >= 0.6 is 0 Å². The van der Waals surface area contributed by atoms with Crippen LogP contribution in [0.4, 0.5) is 4.39 Å². The summed E-state index contributed by atoms with van der Waals surface area (Å²) in [6, 6.07) is 4.38. The summed E-state index contributed by atoms with van der Waals surface area (Å²) in [5, 5.41) is 0. The second-order valence-corrected chi connectivity index (χ2v) is 6.33. The van der Waals surface area contributed by atoms with Crippen molar-refractivity contribution in [3.8, 4) is 0 Å². The quantitative estimate of drug-likeness (QED) is 0.917. The molecule has 0 amide bonds. The predicted octanol–water partition coefficient (Wildman–Crippen LogP) is 2.05. The molecular formula is C13H15FN2O3S.